The van der Waals surface area contributed by atoms with Crippen molar-refractivity contribution >= 4 is 17.6 Å². The molecule has 0 heterocycles. The van der Waals surface area contributed by atoms with Crippen LogP contribution in [0.4, 0.5) is 5.69 Å². The Bertz CT molecular complexity index is 468. The molecular formula is C16H24N2O3. The van der Waals surface area contributed by atoms with E-state index in [9.17, 15) is 9.59 Å². The summed E-state index contributed by atoms with van der Waals surface area (Å²) in [5, 5.41) is 11.8. The molecule has 1 aromatic rings. The molecule has 1 unspecified atom stereocenters. The molecule has 5 nitrogen and oxygen atoms in total. The molecule has 5 heteroatoms. The van der Waals surface area contributed by atoms with Crippen molar-refractivity contribution in [1.82, 2.24) is 0 Å². The number of carboxylic acid groups (broad SMARTS) is 1. The number of carboxylic acids is 1. The van der Waals surface area contributed by atoms with Gasteiger partial charge in [0.25, 0.3) is 0 Å². The Morgan fingerprint density at radius 2 is 1.95 bits per heavy atom. The number of amides is 1. The van der Waals surface area contributed by atoms with E-state index in [1.54, 1.807) is 18.2 Å². The molecular weight excluding hydrogens is 268 g/mol. The summed E-state index contributed by atoms with van der Waals surface area (Å²) >= 11 is 0. The predicted octanol–water partition coefficient (Wildman–Crippen LogP) is 2.87. The summed E-state index contributed by atoms with van der Waals surface area (Å²) in [6, 6.07) is 6.42. The van der Waals surface area contributed by atoms with Gasteiger partial charge in [-0.2, -0.15) is 0 Å². The Kier molecular flexibility index (Phi) is 7.46. The Morgan fingerprint density at radius 3 is 2.57 bits per heavy atom. The van der Waals surface area contributed by atoms with Crippen LogP contribution in [-0.4, -0.2) is 23.5 Å². The number of hydrogen-bond acceptors (Lipinski definition) is 3. The maximum atomic E-state index is 12.0. The van der Waals surface area contributed by atoms with Crippen molar-refractivity contribution in [3.63, 3.8) is 0 Å². The highest BCUT2D eigenvalue weighted by Crippen LogP contribution is 2.19. The van der Waals surface area contributed by atoms with E-state index in [1.165, 1.54) is 6.07 Å². The van der Waals surface area contributed by atoms with Gasteiger partial charge in [-0.1, -0.05) is 31.9 Å². The smallest absolute Gasteiger partial charge is 0.337 e. The minimum absolute atomic E-state index is 0.109. The molecule has 0 spiro atoms. The molecule has 0 radical (unpaired) electrons. The lowest BCUT2D eigenvalue weighted by molar-refractivity contribution is -0.116. The fourth-order valence-corrected chi connectivity index (χ4v) is 2.40. The summed E-state index contributed by atoms with van der Waals surface area (Å²) in [6.07, 6.45) is 4.24. The first-order chi connectivity index (χ1) is 10.1. The summed E-state index contributed by atoms with van der Waals surface area (Å²) in [6.45, 7) is 2.75. The van der Waals surface area contributed by atoms with E-state index in [1.807, 2.05) is 0 Å². The number of aromatic carboxylic acids is 1. The van der Waals surface area contributed by atoms with Gasteiger partial charge in [0.1, 0.15) is 0 Å². The summed E-state index contributed by atoms with van der Waals surface area (Å²) in [7, 11) is 0. The van der Waals surface area contributed by atoms with Crippen LogP contribution >= 0.6 is 0 Å². The third-order valence-electron chi connectivity index (χ3n) is 3.48. The minimum Gasteiger partial charge on any atom is -0.478 e. The first-order valence-corrected chi connectivity index (χ1v) is 7.40. The molecule has 116 valence electrons. The third kappa shape index (κ3) is 5.95. The second kappa shape index (κ2) is 9.13. The van der Waals surface area contributed by atoms with Crippen LogP contribution in [0.3, 0.4) is 0 Å². The van der Waals surface area contributed by atoms with Gasteiger partial charge in [-0.15, -0.1) is 0 Å². The number of carbonyl (C=O) groups excluding carboxylic acids is 1. The lowest BCUT2D eigenvalue weighted by atomic mass is 9.94. The van der Waals surface area contributed by atoms with Crippen LogP contribution in [-0.2, 0) is 4.79 Å². The second-order valence-electron chi connectivity index (χ2n) is 5.17. The Labute approximate surface area is 125 Å². The average molecular weight is 292 g/mol. The molecule has 0 aliphatic heterocycles. The molecule has 21 heavy (non-hydrogen) atoms. The van der Waals surface area contributed by atoms with E-state index in [0.717, 1.165) is 25.7 Å². The van der Waals surface area contributed by atoms with Gasteiger partial charge < -0.3 is 16.2 Å². The molecule has 4 N–H and O–H groups in total. The zero-order valence-electron chi connectivity index (χ0n) is 12.5. The normalized spacial score (nSPS) is 11.9. The van der Waals surface area contributed by atoms with Gasteiger partial charge in [0.15, 0.2) is 0 Å². The van der Waals surface area contributed by atoms with Gasteiger partial charge in [0.2, 0.25) is 5.91 Å². The number of nitrogens with one attached hydrogen (secondary N) is 1. The van der Waals surface area contributed by atoms with Crippen LogP contribution in [0, 0.1) is 5.92 Å². The highest BCUT2D eigenvalue weighted by molar-refractivity contribution is 6.00. The number of hydrogen-bond donors (Lipinski definition) is 3. The van der Waals surface area contributed by atoms with E-state index in [2.05, 4.69) is 12.2 Å². The van der Waals surface area contributed by atoms with Crippen LogP contribution in [0.25, 0.3) is 0 Å². The van der Waals surface area contributed by atoms with E-state index < -0.39 is 5.97 Å². The predicted molar refractivity (Wildman–Crippen MR) is 83.3 cm³/mol. The molecule has 0 saturated carbocycles. The summed E-state index contributed by atoms with van der Waals surface area (Å²) < 4.78 is 0. The van der Waals surface area contributed by atoms with E-state index >= 15 is 0 Å². The van der Waals surface area contributed by atoms with E-state index in [0.29, 0.717) is 24.6 Å². The molecule has 1 amide bonds. The van der Waals surface area contributed by atoms with Gasteiger partial charge >= 0.3 is 5.97 Å². The molecule has 0 aliphatic carbocycles. The Balaban J connectivity index is 2.55. The molecule has 1 atom stereocenters. The minimum atomic E-state index is -1.04. The lowest BCUT2D eigenvalue weighted by Crippen LogP contribution is -2.17. The largest absolute Gasteiger partial charge is 0.478 e. The SMILES string of the molecule is CCCC(CCN)CCC(=O)Nc1ccccc1C(=O)O. The van der Waals surface area contributed by atoms with Gasteiger partial charge in [-0.05, 0) is 37.4 Å². The fourth-order valence-electron chi connectivity index (χ4n) is 2.40. The highest BCUT2D eigenvalue weighted by atomic mass is 16.4. The van der Waals surface area contributed by atoms with Gasteiger partial charge in [-0.25, -0.2) is 4.79 Å². The zero-order chi connectivity index (χ0) is 15.7. The van der Waals surface area contributed by atoms with Gasteiger partial charge in [0, 0.05) is 6.42 Å². The van der Waals surface area contributed by atoms with Gasteiger partial charge in [0.05, 0.1) is 11.3 Å². The van der Waals surface area contributed by atoms with Crippen molar-refractivity contribution in [3.05, 3.63) is 29.8 Å². The van der Waals surface area contributed by atoms with Crippen LogP contribution in [0.5, 0.6) is 0 Å². The topological polar surface area (TPSA) is 92.4 Å². The standard InChI is InChI=1S/C16H24N2O3/c1-2-5-12(10-11-17)8-9-15(19)18-14-7-4-3-6-13(14)16(20)21/h3-4,6-7,12H,2,5,8-11,17H2,1H3,(H,18,19)(H,20,21). The van der Waals surface area contributed by atoms with Crippen LogP contribution in [0.1, 0.15) is 49.4 Å². The summed E-state index contributed by atoms with van der Waals surface area (Å²) in [5.41, 5.74) is 6.03. The molecule has 0 fully saturated rings. The molecule has 1 rings (SSSR count). The van der Waals surface area contributed by atoms with Crippen LogP contribution < -0.4 is 11.1 Å². The maximum Gasteiger partial charge on any atom is 0.337 e. The Hall–Kier alpha value is -1.88. The van der Waals surface area contributed by atoms with Gasteiger partial charge in [-0.3, -0.25) is 4.79 Å². The van der Waals surface area contributed by atoms with Crippen molar-refractivity contribution in [2.45, 2.75) is 39.0 Å². The molecule has 0 aromatic heterocycles. The monoisotopic (exact) mass is 292 g/mol. The van der Waals surface area contributed by atoms with Crippen molar-refractivity contribution in [2.24, 2.45) is 11.7 Å². The van der Waals surface area contributed by atoms with E-state index in [4.69, 9.17) is 10.8 Å². The zero-order valence-corrected chi connectivity index (χ0v) is 12.5. The number of rotatable bonds is 9. The van der Waals surface area contributed by atoms with Crippen molar-refractivity contribution in [2.75, 3.05) is 11.9 Å². The molecule has 0 bridgehead atoms. The number of nitrogens with two attached hydrogens (primary N) is 1. The molecule has 1 aromatic carbocycles. The average Bonchev–Trinajstić information content (AvgIpc) is 2.45. The van der Waals surface area contributed by atoms with Crippen molar-refractivity contribution in [1.29, 1.82) is 0 Å². The van der Waals surface area contributed by atoms with Crippen molar-refractivity contribution < 1.29 is 14.7 Å². The number of benzene rings is 1. The number of anilines is 1. The third-order valence-corrected chi connectivity index (χ3v) is 3.48. The fraction of sp³-hybridized carbons (Fsp3) is 0.500. The van der Waals surface area contributed by atoms with Crippen LogP contribution in [0.15, 0.2) is 24.3 Å². The lowest BCUT2D eigenvalue weighted by Gasteiger charge is -2.15. The summed E-state index contributed by atoms with van der Waals surface area (Å²) in [5.74, 6) is -0.736. The summed E-state index contributed by atoms with van der Waals surface area (Å²) in [4.78, 5) is 23.0. The van der Waals surface area contributed by atoms with E-state index in [-0.39, 0.29) is 11.5 Å². The molecule has 0 aliphatic rings. The van der Waals surface area contributed by atoms with Crippen molar-refractivity contribution in [3.8, 4) is 0 Å². The molecule has 0 saturated heterocycles. The Morgan fingerprint density at radius 1 is 1.24 bits per heavy atom. The quantitative estimate of drug-likeness (QED) is 0.652. The number of para-hydroxylation sites is 1. The first-order valence-electron chi connectivity index (χ1n) is 7.40. The maximum absolute atomic E-state index is 12.0. The number of carbonyl (C=O) groups is 2. The van der Waals surface area contributed by atoms with Crippen LogP contribution in [0.2, 0.25) is 0 Å². The highest BCUT2D eigenvalue weighted by Gasteiger charge is 2.13. The second-order valence-corrected chi connectivity index (χ2v) is 5.17. The first kappa shape index (κ1) is 17.2.